The van der Waals surface area contributed by atoms with Gasteiger partial charge in [0.2, 0.25) is 5.91 Å². The molecule has 0 bridgehead atoms. The van der Waals surface area contributed by atoms with Gasteiger partial charge < -0.3 is 15.7 Å². The summed E-state index contributed by atoms with van der Waals surface area (Å²) in [6.45, 7) is 0.355. The fourth-order valence-corrected chi connectivity index (χ4v) is 2.32. The highest BCUT2D eigenvalue weighted by Crippen LogP contribution is 2.19. The summed E-state index contributed by atoms with van der Waals surface area (Å²) >= 11 is 0. The summed E-state index contributed by atoms with van der Waals surface area (Å²) in [4.78, 5) is 24.6. The van der Waals surface area contributed by atoms with Gasteiger partial charge in [0.15, 0.2) is 0 Å². The molecule has 2 aromatic rings. The first-order valence-corrected chi connectivity index (χ1v) is 7.88. The first-order chi connectivity index (χ1) is 12.1. The summed E-state index contributed by atoms with van der Waals surface area (Å²) < 4.78 is 0. The van der Waals surface area contributed by atoms with Gasteiger partial charge in [-0.2, -0.15) is 5.26 Å². The number of nitrogens with zero attached hydrogens (tertiary/aromatic N) is 1. The van der Waals surface area contributed by atoms with Crippen LogP contribution in [0, 0.1) is 11.3 Å². The predicted molar refractivity (Wildman–Crippen MR) is 92.9 cm³/mol. The van der Waals surface area contributed by atoms with Crippen molar-refractivity contribution in [2.45, 2.75) is 12.3 Å². The van der Waals surface area contributed by atoms with Gasteiger partial charge in [0.25, 0.3) is 5.91 Å². The van der Waals surface area contributed by atoms with Crippen molar-refractivity contribution >= 4 is 11.8 Å². The molecule has 0 heterocycles. The van der Waals surface area contributed by atoms with E-state index in [1.54, 1.807) is 36.4 Å². The highest BCUT2D eigenvalue weighted by molar-refractivity contribution is 5.94. The normalized spacial score (nSPS) is 11.2. The standard InChI is InChI=1S/C19H19N3O3/c20-11-4-12-21-19(25)17(14-7-9-16(23)10-8-14)13-22-18(24)15-5-2-1-3-6-15/h1-3,5-10,17,23H,4,12-13H2,(H,21,25)(H,22,24). The zero-order chi connectivity index (χ0) is 18.1. The second kappa shape index (κ2) is 9.08. The number of rotatable bonds is 7. The molecule has 25 heavy (non-hydrogen) atoms. The van der Waals surface area contributed by atoms with Gasteiger partial charge in [-0.05, 0) is 29.8 Å². The summed E-state index contributed by atoms with van der Waals surface area (Å²) in [5.74, 6) is -1.07. The number of nitriles is 1. The van der Waals surface area contributed by atoms with Gasteiger partial charge in [0, 0.05) is 18.7 Å². The Balaban J connectivity index is 2.08. The molecular weight excluding hydrogens is 318 g/mol. The Morgan fingerprint density at radius 2 is 1.72 bits per heavy atom. The molecule has 2 aromatic carbocycles. The quantitative estimate of drug-likeness (QED) is 0.672. The van der Waals surface area contributed by atoms with Gasteiger partial charge in [-0.1, -0.05) is 30.3 Å². The molecule has 128 valence electrons. The maximum Gasteiger partial charge on any atom is 0.251 e. The van der Waals surface area contributed by atoms with Crippen molar-refractivity contribution in [1.29, 1.82) is 5.26 Å². The van der Waals surface area contributed by atoms with Crippen LogP contribution in [0.25, 0.3) is 0 Å². The topological polar surface area (TPSA) is 102 Å². The molecule has 0 saturated carbocycles. The molecular formula is C19H19N3O3. The SMILES string of the molecule is N#CCCNC(=O)C(CNC(=O)c1ccccc1)c1ccc(O)cc1. The molecule has 0 radical (unpaired) electrons. The molecule has 0 aliphatic carbocycles. The van der Waals surface area contributed by atoms with E-state index in [-0.39, 0.29) is 37.1 Å². The van der Waals surface area contributed by atoms with E-state index >= 15 is 0 Å². The number of carbonyl (C=O) groups excluding carboxylic acids is 2. The molecule has 0 fully saturated rings. The zero-order valence-electron chi connectivity index (χ0n) is 13.6. The number of hydrogen-bond donors (Lipinski definition) is 3. The molecule has 2 amide bonds. The molecule has 2 rings (SSSR count). The van der Waals surface area contributed by atoms with Crippen molar-refractivity contribution in [3.8, 4) is 11.8 Å². The lowest BCUT2D eigenvalue weighted by atomic mass is 9.97. The van der Waals surface area contributed by atoms with Gasteiger partial charge in [0.1, 0.15) is 5.75 Å². The van der Waals surface area contributed by atoms with Crippen LogP contribution in [0.5, 0.6) is 5.75 Å². The number of nitrogens with one attached hydrogen (secondary N) is 2. The molecule has 0 aliphatic heterocycles. The van der Waals surface area contributed by atoms with Gasteiger partial charge in [0.05, 0.1) is 18.4 Å². The van der Waals surface area contributed by atoms with Crippen molar-refractivity contribution in [1.82, 2.24) is 10.6 Å². The van der Waals surface area contributed by atoms with Crippen LogP contribution in [-0.2, 0) is 4.79 Å². The Kier molecular flexibility index (Phi) is 6.55. The number of carbonyl (C=O) groups is 2. The van der Waals surface area contributed by atoms with E-state index in [0.717, 1.165) is 0 Å². The lowest BCUT2D eigenvalue weighted by Gasteiger charge is -2.18. The maximum absolute atomic E-state index is 12.4. The number of hydrogen-bond acceptors (Lipinski definition) is 4. The van der Waals surface area contributed by atoms with Crippen LogP contribution in [0.1, 0.15) is 28.3 Å². The number of phenolic OH excluding ortho intramolecular Hbond substituents is 1. The van der Waals surface area contributed by atoms with Crippen molar-refractivity contribution in [3.05, 3.63) is 65.7 Å². The predicted octanol–water partition coefficient (Wildman–Crippen LogP) is 1.94. The van der Waals surface area contributed by atoms with E-state index in [0.29, 0.717) is 11.1 Å². The maximum atomic E-state index is 12.4. The summed E-state index contributed by atoms with van der Waals surface area (Å²) in [7, 11) is 0. The van der Waals surface area contributed by atoms with E-state index in [9.17, 15) is 14.7 Å². The van der Waals surface area contributed by atoms with Crippen molar-refractivity contribution in [2.75, 3.05) is 13.1 Å². The Bertz CT molecular complexity index is 752. The average Bonchev–Trinajstić information content (AvgIpc) is 2.64. The lowest BCUT2D eigenvalue weighted by Crippen LogP contribution is -2.37. The number of phenols is 1. The smallest absolute Gasteiger partial charge is 0.251 e. The second-order valence-electron chi connectivity index (χ2n) is 5.42. The first-order valence-electron chi connectivity index (χ1n) is 7.88. The van der Waals surface area contributed by atoms with Crippen LogP contribution in [0.3, 0.4) is 0 Å². The van der Waals surface area contributed by atoms with Gasteiger partial charge >= 0.3 is 0 Å². The van der Waals surface area contributed by atoms with Crippen molar-refractivity contribution in [2.24, 2.45) is 0 Å². The summed E-state index contributed by atoms with van der Waals surface area (Å²) in [6.07, 6.45) is 0.213. The minimum absolute atomic E-state index is 0.0979. The summed E-state index contributed by atoms with van der Waals surface area (Å²) in [5.41, 5.74) is 1.18. The van der Waals surface area contributed by atoms with E-state index in [2.05, 4.69) is 10.6 Å². The number of aromatic hydroxyl groups is 1. The molecule has 6 heteroatoms. The zero-order valence-corrected chi connectivity index (χ0v) is 13.6. The first kappa shape index (κ1) is 18.0. The fraction of sp³-hybridized carbons (Fsp3) is 0.211. The average molecular weight is 337 g/mol. The van der Waals surface area contributed by atoms with E-state index < -0.39 is 5.92 Å². The second-order valence-corrected chi connectivity index (χ2v) is 5.42. The van der Waals surface area contributed by atoms with Crippen molar-refractivity contribution in [3.63, 3.8) is 0 Å². The largest absolute Gasteiger partial charge is 0.508 e. The molecule has 1 atom stereocenters. The van der Waals surface area contributed by atoms with E-state index in [1.807, 2.05) is 12.1 Å². The Morgan fingerprint density at radius 1 is 1.04 bits per heavy atom. The highest BCUT2D eigenvalue weighted by Gasteiger charge is 2.21. The van der Waals surface area contributed by atoms with Gasteiger partial charge in [-0.25, -0.2) is 0 Å². The molecule has 0 aromatic heterocycles. The fourth-order valence-electron chi connectivity index (χ4n) is 2.32. The molecule has 0 spiro atoms. The Labute approximate surface area is 146 Å². The Morgan fingerprint density at radius 3 is 2.36 bits per heavy atom. The van der Waals surface area contributed by atoms with Gasteiger partial charge in [-0.3, -0.25) is 9.59 Å². The van der Waals surface area contributed by atoms with E-state index in [1.165, 1.54) is 12.1 Å². The third-order valence-corrected chi connectivity index (χ3v) is 3.65. The lowest BCUT2D eigenvalue weighted by molar-refractivity contribution is -0.122. The van der Waals surface area contributed by atoms with Crippen LogP contribution < -0.4 is 10.6 Å². The van der Waals surface area contributed by atoms with Crippen LogP contribution in [0.15, 0.2) is 54.6 Å². The summed E-state index contributed by atoms with van der Waals surface area (Å²) in [5, 5.41) is 23.4. The number of amides is 2. The molecule has 0 aliphatic rings. The van der Waals surface area contributed by atoms with Gasteiger partial charge in [-0.15, -0.1) is 0 Å². The monoisotopic (exact) mass is 337 g/mol. The molecule has 1 unspecified atom stereocenters. The molecule has 0 saturated heterocycles. The third kappa shape index (κ3) is 5.36. The van der Waals surface area contributed by atoms with E-state index in [4.69, 9.17) is 5.26 Å². The van der Waals surface area contributed by atoms with Crippen LogP contribution >= 0.6 is 0 Å². The molecule has 3 N–H and O–H groups in total. The third-order valence-electron chi connectivity index (χ3n) is 3.65. The minimum atomic E-state index is -0.619. The van der Waals surface area contributed by atoms with Crippen LogP contribution in [-0.4, -0.2) is 30.0 Å². The van der Waals surface area contributed by atoms with Crippen LogP contribution in [0.4, 0.5) is 0 Å². The van der Waals surface area contributed by atoms with Crippen molar-refractivity contribution < 1.29 is 14.7 Å². The summed E-state index contributed by atoms with van der Waals surface area (Å²) in [6, 6.07) is 17.0. The Hall–Kier alpha value is -3.33. The molecule has 6 nitrogen and oxygen atoms in total. The van der Waals surface area contributed by atoms with Crippen LogP contribution in [0.2, 0.25) is 0 Å². The minimum Gasteiger partial charge on any atom is -0.508 e. The number of benzene rings is 2. The highest BCUT2D eigenvalue weighted by atomic mass is 16.3.